The van der Waals surface area contributed by atoms with E-state index < -0.39 is 0 Å². The molecule has 18 heavy (non-hydrogen) atoms. The Morgan fingerprint density at radius 3 is 2.61 bits per heavy atom. The van der Waals surface area contributed by atoms with E-state index in [0.717, 1.165) is 17.9 Å². The van der Waals surface area contributed by atoms with Crippen LogP contribution in [0.1, 0.15) is 31.9 Å². The molecule has 0 bridgehead atoms. The number of carbonyl (C=O) groups is 1. The molecule has 1 aromatic carbocycles. The lowest BCUT2D eigenvalue weighted by molar-refractivity contribution is -0.121. The molecule has 1 aliphatic heterocycles. The van der Waals surface area contributed by atoms with E-state index in [-0.39, 0.29) is 18.1 Å². The van der Waals surface area contributed by atoms with Crippen LogP contribution < -0.4 is 15.4 Å². The quantitative estimate of drug-likeness (QED) is 0.854. The topological polar surface area (TPSA) is 50.4 Å². The first-order valence-electron chi connectivity index (χ1n) is 6.42. The maximum Gasteiger partial charge on any atom is 0.221 e. The van der Waals surface area contributed by atoms with E-state index in [9.17, 15) is 4.79 Å². The van der Waals surface area contributed by atoms with Crippen molar-refractivity contribution in [3.63, 3.8) is 0 Å². The number of benzene rings is 1. The highest BCUT2D eigenvalue weighted by Gasteiger charge is 2.18. The average Bonchev–Trinajstić information content (AvgIpc) is 2.54. The van der Waals surface area contributed by atoms with Gasteiger partial charge >= 0.3 is 0 Å². The average molecular weight is 248 g/mol. The van der Waals surface area contributed by atoms with Crippen molar-refractivity contribution >= 4 is 5.91 Å². The molecule has 1 saturated heterocycles. The zero-order valence-corrected chi connectivity index (χ0v) is 10.9. The van der Waals surface area contributed by atoms with E-state index in [0.29, 0.717) is 13.0 Å². The number of nitrogens with one attached hydrogen (secondary N) is 2. The number of hydrogen-bond donors (Lipinski definition) is 2. The van der Waals surface area contributed by atoms with Crippen molar-refractivity contribution in [2.75, 3.05) is 13.1 Å². The first-order chi connectivity index (χ1) is 8.65. The van der Waals surface area contributed by atoms with Crippen LogP contribution in [0.15, 0.2) is 24.3 Å². The van der Waals surface area contributed by atoms with Gasteiger partial charge in [0.25, 0.3) is 0 Å². The van der Waals surface area contributed by atoms with Crippen LogP contribution in [-0.2, 0) is 4.79 Å². The van der Waals surface area contributed by atoms with Crippen molar-refractivity contribution in [2.45, 2.75) is 32.4 Å². The predicted molar refractivity (Wildman–Crippen MR) is 70.6 cm³/mol. The normalized spacial score (nSPS) is 20.4. The van der Waals surface area contributed by atoms with Gasteiger partial charge in [-0.1, -0.05) is 12.1 Å². The van der Waals surface area contributed by atoms with Gasteiger partial charge in [0.15, 0.2) is 0 Å². The van der Waals surface area contributed by atoms with E-state index in [1.807, 2.05) is 38.1 Å². The largest absolute Gasteiger partial charge is 0.491 e. The van der Waals surface area contributed by atoms with Crippen molar-refractivity contribution in [1.29, 1.82) is 0 Å². The molecule has 4 heteroatoms. The standard InChI is InChI=1S/C14H20N2O2/c1-10(2)18-12-5-3-11(4-6-12)13-9-14(17)16-8-7-15-13/h3-6,10,13,15H,7-9H2,1-2H3,(H,16,17). The second-order valence-corrected chi connectivity index (χ2v) is 4.80. The summed E-state index contributed by atoms with van der Waals surface area (Å²) in [6.45, 7) is 5.51. The summed E-state index contributed by atoms with van der Waals surface area (Å²) in [5.41, 5.74) is 1.13. The van der Waals surface area contributed by atoms with Gasteiger partial charge in [-0.2, -0.15) is 0 Å². The molecule has 0 spiro atoms. The minimum atomic E-state index is 0.0978. The maximum absolute atomic E-state index is 11.5. The lowest BCUT2D eigenvalue weighted by atomic mass is 10.0. The van der Waals surface area contributed by atoms with Gasteiger partial charge in [-0.25, -0.2) is 0 Å². The molecule has 1 unspecified atom stereocenters. The Kier molecular flexibility index (Phi) is 4.20. The predicted octanol–water partition coefficient (Wildman–Crippen LogP) is 1.62. The van der Waals surface area contributed by atoms with Gasteiger partial charge in [0.05, 0.1) is 6.10 Å². The molecule has 0 aliphatic carbocycles. The van der Waals surface area contributed by atoms with Gasteiger partial charge in [-0.3, -0.25) is 4.79 Å². The van der Waals surface area contributed by atoms with E-state index in [1.54, 1.807) is 0 Å². The minimum absolute atomic E-state index is 0.0978. The fraction of sp³-hybridized carbons (Fsp3) is 0.500. The fourth-order valence-electron chi connectivity index (χ4n) is 2.06. The number of hydrogen-bond acceptors (Lipinski definition) is 3. The van der Waals surface area contributed by atoms with E-state index >= 15 is 0 Å². The third-order valence-electron chi connectivity index (χ3n) is 2.88. The number of rotatable bonds is 3. The highest BCUT2D eigenvalue weighted by Crippen LogP contribution is 2.21. The zero-order valence-electron chi connectivity index (χ0n) is 10.9. The summed E-state index contributed by atoms with van der Waals surface area (Å²) in [5, 5.41) is 6.22. The van der Waals surface area contributed by atoms with Crippen LogP contribution in [0.25, 0.3) is 0 Å². The third-order valence-corrected chi connectivity index (χ3v) is 2.88. The fourth-order valence-corrected chi connectivity index (χ4v) is 2.06. The second-order valence-electron chi connectivity index (χ2n) is 4.80. The van der Waals surface area contributed by atoms with Gasteiger partial charge in [-0.05, 0) is 31.5 Å². The van der Waals surface area contributed by atoms with Gasteiger partial charge in [0.2, 0.25) is 5.91 Å². The third kappa shape index (κ3) is 3.47. The summed E-state index contributed by atoms with van der Waals surface area (Å²) < 4.78 is 5.60. The van der Waals surface area contributed by atoms with Gasteiger partial charge < -0.3 is 15.4 Å². The second kappa shape index (κ2) is 5.87. The highest BCUT2D eigenvalue weighted by atomic mass is 16.5. The van der Waals surface area contributed by atoms with Gasteiger partial charge in [0, 0.05) is 25.6 Å². The van der Waals surface area contributed by atoms with Crippen LogP contribution in [-0.4, -0.2) is 25.1 Å². The molecular weight excluding hydrogens is 228 g/mol. The van der Waals surface area contributed by atoms with Crippen molar-refractivity contribution in [3.05, 3.63) is 29.8 Å². The molecule has 1 atom stereocenters. The Morgan fingerprint density at radius 2 is 1.94 bits per heavy atom. The van der Waals surface area contributed by atoms with Gasteiger partial charge in [-0.15, -0.1) is 0 Å². The van der Waals surface area contributed by atoms with Crippen molar-refractivity contribution < 1.29 is 9.53 Å². The van der Waals surface area contributed by atoms with Crippen LogP contribution in [0.4, 0.5) is 0 Å². The molecule has 0 aromatic heterocycles. The summed E-state index contributed by atoms with van der Waals surface area (Å²) in [7, 11) is 0. The van der Waals surface area contributed by atoms with Crippen LogP contribution in [0.5, 0.6) is 5.75 Å². The van der Waals surface area contributed by atoms with E-state index in [4.69, 9.17) is 4.74 Å². The Bertz CT molecular complexity index is 401. The zero-order chi connectivity index (χ0) is 13.0. The molecule has 1 heterocycles. The number of ether oxygens (including phenoxy) is 1. The number of carbonyl (C=O) groups excluding carboxylic acids is 1. The summed E-state index contributed by atoms with van der Waals surface area (Å²) >= 11 is 0. The Balaban J connectivity index is 2.05. The molecule has 4 nitrogen and oxygen atoms in total. The lowest BCUT2D eigenvalue weighted by Gasteiger charge is -2.16. The number of amides is 1. The first-order valence-corrected chi connectivity index (χ1v) is 6.42. The molecule has 98 valence electrons. The molecule has 0 radical (unpaired) electrons. The van der Waals surface area contributed by atoms with Crippen LogP contribution in [0, 0.1) is 0 Å². The highest BCUT2D eigenvalue weighted by molar-refractivity contribution is 5.77. The van der Waals surface area contributed by atoms with Crippen LogP contribution in [0.3, 0.4) is 0 Å². The Morgan fingerprint density at radius 1 is 1.22 bits per heavy atom. The van der Waals surface area contributed by atoms with Crippen molar-refractivity contribution in [2.24, 2.45) is 0 Å². The molecular formula is C14H20N2O2. The minimum Gasteiger partial charge on any atom is -0.491 e. The van der Waals surface area contributed by atoms with Crippen molar-refractivity contribution in [3.8, 4) is 5.75 Å². The monoisotopic (exact) mass is 248 g/mol. The molecule has 2 N–H and O–H groups in total. The van der Waals surface area contributed by atoms with Crippen LogP contribution >= 0.6 is 0 Å². The molecule has 1 fully saturated rings. The molecule has 0 saturated carbocycles. The Hall–Kier alpha value is -1.55. The summed E-state index contributed by atoms with van der Waals surface area (Å²) in [6.07, 6.45) is 0.669. The van der Waals surface area contributed by atoms with E-state index in [1.165, 1.54) is 0 Å². The summed E-state index contributed by atoms with van der Waals surface area (Å²) in [5.74, 6) is 0.972. The summed E-state index contributed by atoms with van der Waals surface area (Å²) in [4.78, 5) is 11.5. The Labute approximate surface area is 108 Å². The SMILES string of the molecule is CC(C)Oc1ccc(C2CC(=O)NCCN2)cc1. The van der Waals surface area contributed by atoms with E-state index in [2.05, 4.69) is 10.6 Å². The van der Waals surface area contributed by atoms with Gasteiger partial charge in [0.1, 0.15) is 5.75 Å². The maximum atomic E-state index is 11.5. The lowest BCUT2D eigenvalue weighted by Crippen LogP contribution is -2.24. The van der Waals surface area contributed by atoms with Crippen LogP contribution in [0.2, 0.25) is 0 Å². The smallest absolute Gasteiger partial charge is 0.221 e. The molecule has 2 rings (SSSR count). The first kappa shape index (κ1) is 12.9. The molecule has 1 aliphatic rings. The van der Waals surface area contributed by atoms with Crippen molar-refractivity contribution in [1.82, 2.24) is 10.6 Å². The summed E-state index contributed by atoms with van der Waals surface area (Å²) in [6, 6.07) is 8.06. The molecule has 1 aromatic rings. The molecule has 1 amide bonds.